The molecule has 1 saturated carbocycles. The summed E-state index contributed by atoms with van der Waals surface area (Å²) in [5, 5.41) is 24.6. The third-order valence-electron chi connectivity index (χ3n) is 5.10. The van der Waals surface area contributed by atoms with E-state index in [-0.39, 0.29) is 12.0 Å². The van der Waals surface area contributed by atoms with Gasteiger partial charge in [0.25, 0.3) is 0 Å². The number of benzene rings is 1. The Bertz CT molecular complexity index is 979. The van der Waals surface area contributed by atoms with Gasteiger partial charge in [-0.2, -0.15) is 10.4 Å². The number of hydrogen-bond acceptors (Lipinski definition) is 6. The molecule has 0 radical (unpaired) electrons. The maximum Gasteiger partial charge on any atom is 0.227 e. The Morgan fingerprint density at radius 3 is 2.85 bits per heavy atom. The number of nitriles is 1. The molecule has 1 fully saturated rings. The van der Waals surface area contributed by atoms with E-state index in [2.05, 4.69) is 16.2 Å². The van der Waals surface area contributed by atoms with Crippen LogP contribution in [0.2, 0.25) is 0 Å². The van der Waals surface area contributed by atoms with Crippen molar-refractivity contribution in [1.29, 1.82) is 5.26 Å². The topological polar surface area (TPSA) is 110 Å². The first-order valence-corrected chi connectivity index (χ1v) is 9.04. The fourth-order valence-electron chi connectivity index (χ4n) is 3.74. The molecule has 3 aromatic rings. The van der Waals surface area contributed by atoms with Crippen LogP contribution < -0.4 is 10.5 Å². The summed E-state index contributed by atoms with van der Waals surface area (Å²) in [7, 11) is 0. The number of aliphatic hydroxyl groups is 1. The van der Waals surface area contributed by atoms with Crippen LogP contribution in [0.4, 0.5) is 5.82 Å². The van der Waals surface area contributed by atoms with Crippen LogP contribution in [0.3, 0.4) is 0 Å². The summed E-state index contributed by atoms with van der Waals surface area (Å²) in [6.07, 6.45) is 3.01. The molecule has 0 saturated heterocycles. The number of rotatable bonds is 4. The van der Waals surface area contributed by atoms with Crippen LogP contribution in [-0.4, -0.2) is 26.0 Å². The molecule has 27 heavy (non-hydrogen) atoms. The smallest absolute Gasteiger partial charge is 0.227 e. The summed E-state index contributed by atoms with van der Waals surface area (Å²) >= 11 is 0. The van der Waals surface area contributed by atoms with Gasteiger partial charge in [0.2, 0.25) is 5.88 Å². The molecular weight excluding hydrogens is 342 g/mol. The molecule has 138 valence electrons. The summed E-state index contributed by atoms with van der Waals surface area (Å²) in [6, 6.07) is 13.9. The van der Waals surface area contributed by atoms with Gasteiger partial charge in [-0.1, -0.05) is 30.3 Å². The van der Waals surface area contributed by atoms with Gasteiger partial charge in [0, 0.05) is 6.20 Å². The average molecular weight is 363 g/mol. The van der Waals surface area contributed by atoms with Crippen molar-refractivity contribution < 1.29 is 9.84 Å². The van der Waals surface area contributed by atoms with Crippen molar-refractivity contribution in [2.24, 2.45) is 5.92 Å². The van der Waals surface area contributed by atoms with Crippen molar-refractivity contribution in [3.05, 3.63) is 48.2 Å². The average Bonchev–Trinajstić information content (AvgIpc) is 3.04. The largest absolute Gasteiger partial charge is 0.472 e. The first kappa shape index (κ1) is 17.3. The van der Waals surface area contributed by atoms with Gasteiger partial charge in [-0.25, -0.2) is 4.98 Å². The van der Waals surface area contributed by atoms with Crippen LogP contribution in [-0.2, 0) is 6.61 Å². The van der Waals surface area contributed by atoms with Gasteiger partial charge in [-0.3, -0.25) is 4.68 Å². The lowest BCUT2D eigenvalue weighted by Gasteiger charge is -2.30. The number of nitrogens with two attached hydrogens (primary N) is 1. The van der Waals surface area contributed by atoms with Gasteiger partial charge in [0.05, 0.1) is 29.6 Å². The molecule has 3 N–H and O–H groups in total. The van der Waals surface area contributed by atoms with Crippen LogP contribution in [0.1, 0.15) is 30.9 Å². The fraction of sp³-hybridized carbons (Fsp3) is 0.350. The second-order valence-electron chi connectivity index (χ2n) is 6.88. The van der Waals surface area contributed by atoms with E-state index in [0.717, 1.165) is 11.1 Å². The minimum Gasteiger partial charge on any atom is -0.472 e. The van der Waals surface area contributed by atoms with E-state index in [9.17, 15) is 10.4 Å². The van der Waals surface area contributed by atoms with Gasteiger partial charge in [-0.05, 0) is 30.9 Å². The monoisotopic (exact) mass is 363 g/mol. The van der Waals surface area contributed by atoms with Gasteiger partial charge < -0.3 is 15.6 Å². The van der Waals surface area contributed by atoms with Gasteiger partial charge in [-0.15, -0.1) is 0 Å². The summed E-state index contributed by atoms with van der Waals surface area (Å²) in [6.45, 7) is 0.383. The van der Waals surface area contributed by atoms with E-state index in [1.54, 1.807) is 6.20 Å². The highest BCUT2D eigenvalue weighted by molar-refractivity contribution is 5.93. The van der Waals surface area contributed by atoms with E-state index >= 15 is 0 Å². The Labute approximate surface area is 157 Å². The molecule has 1 aromatic carbocycles. The van der Waals surface area contributed by atoms with E-state index in [1.807, 2.05) is 41.1 Å². The quantitative estimate of drug-likeness (QED) is 0.737. The molecule has 0 spiro atoms. The zero-order chi connectivity index (χ0) is 18.8. The summed E-state index contributed by atoms with van der Waals surface area (Å²) in [5.41, 5.74) is 8.02. The second kappa shape index (κ2) is 7.25. The molecule has 0 unspecified atom stereocenters. The number of anilines is 1. The molecule has 2 heterocycles. The fourth-order valence-corrected chi connectivity index (χ4v) is 3.74. The van der Waals surface area contributed by atoms with Crippen LogP contribution in [0.5, 0.6) is 5.88 Å². The molecule has 1 aliphatic carbocycles. The number of nitrogens with zero attached hydrogens (tertiary/aromatic N) is 4. The molecule has 0 aliphatic heterocycles. The second-order valence-corrected chi connectivity index (χ2v) is 6.88. The zero-order valence-corrected chi connectivity index (χ0v) is 14.8. The van der Waals surface area contributed by atoms with Crippen molar-refractivity contribution >= 4 is 16.7 Å². The highest BCUT2D eigenvalue weighted by atomic mass is 16.5. The lowest BCUT2D eigenvalue weighted by atomic mass is 9.84. The Hall–Kier alpha value is -3.11. The van der Waals surface area contributed by atoms with Gasteiger partial charge in [0.15, 0.2) is 5.82 Å². The molecule has 1 aliphatic rings. The van der Waals surface area contributed by atoms with Crippen molar-refractivity contribution in [1.82, 2.24) is 14.8 Å². The number of aromatic nitrogens is 3. The van der Waals surface area contributed by atoms with E-state index in [4.69, 9.17) is 10.5 Å². The number of pyridine rings is 1. The number of ether oxygens (including phenoxy) is 1. The van der Waals surface area contributed by atoms with Crippen molar-refractivity contribution in [2.45, 2.75) is 38.0 Å². The number of nitrogen functional groups attached to an aromatic ring is 1. The van der Waals surface area contributed by atoms with Crippen molar-refractivity contribution in [3.8, 4) is 11.9 Å². The van der Waals surface area contributed by atoms with Gasteiger partial charge in [0.1, 0.15) is 12.0 Å². The van der Waals surface area contributed by atoms with Crippen LogP contribution in [0.15, 0.2) is 42.6 Å². The first-order valence-electron chi connectivity index (χ1n) is 9.04. The maximum absolute atomic E-state index is 9.88. The van der Waals surface area contributed by atoms with Crippen LogP contribution in [0, 0.1) is 17.2 Å². The van der Waals surface area contributed by atoms with Crippen molar-refractivity contribution in [2.75, 3.05) is 5.73 Å². The van der Waals surface area contributed by atoms with Crippen LogP contribution >= 0.6 is 0 Å². The first-order chi connectivity index (χ1) is 13.2. The summed E-state index contributed by atoms with van der Waals surface area (Å²) in [5.74, 6) is 0.464. The minimum atomic E-state index is -0.434. The molecule has 2 aromatic heterocycles. The molecule has 0 amide bonds. The molecular formula is C20H21N5O2. The highest BCUT2D eigenvalue weighted by Gasteiger charge is 2.33. The summed E-state index contributed by atoms with van der Waals surface area (Å²) in [4.78, 5) is 4.33. The predicted molar refractivity (Wildman–Crippen MR) is 101 cm³/mol. The Morgan fingerprint density at radius 2 is 2.07 bits per heavy atom. The van der Waals surface area contributed by atoms with E-state index in [1.165, 1.54) is 0 Å². The standard InChI is InChI=1S/C20H21N5O2/c21-11-14-10-15(26)6-7-16(14)25-17-8-9-23-20(18(17)19(22)24-25)27-12-13-4-2-1-3-5-13/h1-5,8-9,14-16,26H,6-7,10,12H2,(H2,22,24)/t14-,15-,16+/m1/s1. The number of hydrogen-bond donors (Lipinski definition) is 2. The Morgan fingerprint density at radius 1 is 1.26 bits per heavy atom. The SMILES string of the molecule is N#C[C@H]1C[C@H](O)CC[C@@H]1n1nc(N)c2c(OCc3ccccc3)nccc21. The Balaban J connectivity index is 1.68. The third kappa shape index (κ3) is 3.32. The van der Waals surface area contributed by atoms with Gasteiger partial charge >= 0.3 is 0 Å². The minimum absolute atomic E-state index is 0.123. The molecule has 7 heteroatoms. The van der Waals surface area contributed by atoms with E-state index < -0.39 is 6.10 Å². The lowest BCUT2D eigenvalue weighted by molar-refractivity contribution is 0.0876. The number of aliphatic hydroxyl groups excluding tert-OH is 1. The molecule has 0 bridgehead atoms. The summed E-state index contributed by atoms with van der Waals surface area (Å²) < 4.78 is 7.71. The van der Waals surface area contributed by atoms with Crippen LogP contribution in [0.25, 0.3) is 10.9 Å². The lowest BCUT2D eigenvalue weighted by Crippen LogP contribution is -2.29. The predicted octanol–water partition coefficient (Wildman–Crippen LogP) is 2.82. The van der Waals surface area contributed by atoms with E-state index in [0.29, 0.717) is 43.0 Å². The molecule has 3 atom stereocenters. The van der Waals surface area contributed by atoms with Crippen molar-refractivity contribution in [3.63, 3.8) is 0 Å². The molecule has 7 nitrogen and oxygen atoms in total. The molecule has 4 rings (SSSR count). The third-order valence-corrected chi connectivity index (χ3v) is 5.10. The Kier molecular flexibility index (Phi) is 4.65. The highest BCUT2D eigenvalue weighted by Crippen LogP contribution is 2.38. The number of fused-ring (bicyclic) bond motifs is 1. The maximum atomic E-state index is 9.88. The normalized spacial score (nSPS) is 22.4. The zero-order valence-electron chi connectivity index (χ0n) is 14.8.